The van der Waals surface area contributed by atoms with Crippen molar-refractivity contribution in [1.82, 2.24) is 24.7 Å². The quantitative estimate of drug-likeness (QED) is 0.197. The van der Waals surface area contributed by atoms with Gasteiger partial charge in [-0.2, -0.15) is 5.26 Å². The molecule has 1 aromatic heterocycles. The van der Waals surface area contributed by atoms with E-state index in [9.17, 15) is 15.8 Å². The highest BCUT2D eigenvalue weighted by molar-refractivity contribution is 5.87. The number of nitrogens with zero attached hydrogens (tertiary/aromatic N) is 5. The summed E-state index contributed by atoms with van der Waals surface area (Å²) in [5.41, 5.74) is 3.28. The highest BCUT2D eigenvalue weighted by atomic mass is 16.5. The molecule has 1 fully saturated rings. The zero-order valence-electron chi connectivity index (χ0n) is 28.8. The number of amides is 2. The molecule has 1 aliphatic heterocycles. The normalized spacial score (nSPS) is 16.6. The Bertz CT molecular complexity index is 1800. The van der Waals surface area contributed by atoms with Crippen molar-refractivity contribution >= 4 is 28.6 Å². The molecule has 3 aromatic carbocycles. The lowest BCUT2D eigenvalue weighted by molar-refractivity contribution is -0.151. The Kier molecular flexibility index (Phi) is 11.1. The lowest BCUT2D eigenvalue weighted by atomic mass is 9.97. The van der Waals surface area contributed by atoms with Crippen molar-refractivity contribution < 1.29 is 20.5 Å². The third-order valence-corrected chi connectivity index (χ3v) is 9.24. The van der Waals surface area contributed by atoms with Crippen molar-refractivity contribution in [2.45, 2.75) is 64.7 Å². The number of likely N-dealkylation sites (tertiary alicyclic amines) is 1. The maximum absolute atomic E-state index is 13.9. The third-order valence-electron chi connectivity index (χ3n) is 9.24. The monoisotopic (exact) mass is 649 g/mol. The van der Waals surface area contributed by atoms with Gasteiger partial charge in [0.2, 0.25) is 11.8 Å². The van der Waals surface area contributed by atoms with E-state index in [1.54, 1.807) is 24.7 Å². The van der Waals surface area contributed by atoms with Crippen molar-refractivity contribution in [2.24, 2.45) is 5.92 Å². The largest absolute Gasteiger partial charge is 0.467 e. The Labute approximate surface area is 283 Å². The second-order valence-electron chi connectivity index (χ2n) is 12.5. The van der Waals surface area contributed by atoms with Gasteiger partial charge in [-0.25, -0.2) is 9.78 Å². The highest BCUT2D eigenvalue weighted by Crippen LogP contribution is 2.23. The Morgan fingerprint density at radius 3 is 2.67 bits per heavy atom. The number of fused-ring (bicyclic) bond motifs is 1. The maximum Gasteiger partial charge on any atom is 0.328 e. The van der Waals surface area contributed by atoms with E-state index in [4.69, 9.17) is 10.00 Å². The molecule has 1 N–H and O–H groups in total. The van der Waals surface area contributed by atoms with Crippen molar-refractivity contribution in [3.05, 3.63) is 102 Å². The van der Waals surface area contributed by atoms with Crippen LogP contribution in [0.1, 0.15) is 56.9 Å². The van der Waals surface area contributed by atoms with Gasteiger partial charge in [0, 0.05) is 44.1 Å². The summed E-state index contributed by atoms with van der Waals surface area (Å²) in [5, 5.41) is 14.4. The zero-order chi connectivity index (χ0) is 34.9. The Balaban J connectivity index is 1.37. The number of esters is 1. The minimum absolute atomic E-state index is 0.0411. The Morgan fingerprint density at radius 2 is 1.92 bits per heavy atom. The maximum atomic E-state index is 13.9. The van der Waals surface area contributed by atoms with E-state index < -0.39 is 24.4 Å². The van der Waals surface area contributed by atoms with E-state index in [1.165, 1.54) is 12.0 Å². The first kappa shape index (κ1) is 32.9. The number of hydrogen-bond donors (Lipinski definition) is 1. The molecule has 5 rings (SSSR count). The van der Waals surface area contributed by atoms with Crippen LogP contribution in [-0.2, 0) is 38.6 Å². The molecule has 0 bridgehead atoms. The van der Waals surface area contributed by atoms with Gasteiger partial charge in [0.15, 0.2) is 0 Å². The van der Waals surface area contributed by atoms with E-state index in [1.807, 2.05) is 64.1 Å². The minimum atomic E-state index is -1.30. The van der Waals surface area contributed by atoms with Gasteiger partial charge in [-0.3, -0.25) is 14.5 Å². The second kappa shape index (κ2) is 16.2. The van der Waals surface area contributed by atoms with Gasteiger partial charge >= 0.3 is 5.97 Å². The molecule has 2 heterocycles. The van der Waals surface area contributed by atoms with Crippen LogP contribution in [0.25, 0.3) is 10.8 Å². The number of carbonyl (C=O) groups is 3. The first-order valence-electron chi connectivity index (χ1n) is 17.1. The highest BCUT2D eigenvalue weighted by Gasteiger charge is 2.36. The van der Waals surface area contributed by atoms with Crippen LogP contribution < -0.4 is 5.32 Å². The summed E-state index contributed by atoms with van der Waals surface area (Å²) in [6.45, 7) is 4.26. The standard InChI is InChI=1S/C38H44N6O4/c1-4-27(2)34(41-36(45)19-32-21-40-26-43(32)22-29-16-14-28(20-39)15-17-29)24-42(23-31-11-7-10-30-9-5-6-12-33(30)31)25-37(46)44-18-8-13-35(44)38(47)48-3/h5-7,9-12,14-17,21,26-27,34-35H,4,8,13,18-19,22-25H2,1-3H3,(H,41,45)/t27-,34+,35-/m0/s1/i25D/t25?,27-,34+,35-. The summed E-state index contributed by atoms with van der Waals surface area (Å²) in [6.07, 6.45) is 5.41. The summed E-state index contributed by atoms with van der Waals surface area (Å²) in [7, 11) is 1.31. The number of hydrogen-bond acceptors (Lipinski definition) is 7. The fourth-order valence-electron chi connectivity index (χ4n) is 6.30. The molecule has 0 spiro atoms. The van der Waals surface area contributed by atoms with Crippen molar-refractivity contribution in [2.75, 3.05) is 26.7 Å². The van der Waals surface area contributed by atoms with Crippen molar-refractivity contribution in [3.63, 3.8) is 0 Å². The number of ether oxygens (including phenoxy) is 1. The predicted molar refractivity (Wildman–Crippen MR) is 184 cm³/mol. The van der Waals surface area contributed by atoms with Crippen LogP contribution in [0.4, 0.5) is 0 Å². The van der Waals surface area contributed by atoms with Gasteiger partial charge in [0.1, 0.15) is 6.04 Å². The Morgan fingerprint density at radius 1 is 1.15 bits per heavy atom. The number of methoxy groups -OCH3 is 1. The number of aromatic nitrogens is 2. The average Bonchev–Trinajstić information content (AvgIpc) is 3.80. The van der Waals surface area contributed by atoms with Crippen LogP contribution in [0, 0.1) is 17.2 Å². The molecule has 0 aliphatic carbocycles. The molecule has 10 nitrogen and oxygen atoms in total. The van der Waals surface area contributed by atoms with Gasteiger partial charge in [-0.05, 0) is 52.8 Å². The molecular formula is C38H44N6O4. The topological polar surface area (TPSA) is 121 Å². The van der Waals surface area contributed by atoms with Gasteiger partial charge in [-0.1, -0.05) is 74.9 Å². The van der Waals surface area contributed by atoms with Crippen molar-refractivity contribution in [1.29, 1.82) is 5.26 Å². The number of imidazole rings is 1. The molecular weight excluding hydrogens is 604 g/mol. The van der Waals surface area contributed by atoms with Crippen LogP contribution in [0.5, 0.6) is 0 Å². The molecule has 1 aliphatic rings. The van der Waals surface area contributed by atoms with Gasteiger partial charge in [0.05, 0.1) is 39.4 Å². The van der Waals surface area contributed by atoms with E-state index in [-0.39, 0.29) is 30.8 Å². The lowest BCUT2D eigenvalue weighted by Crippen LogP contribution is -2.51. The number of benzene rings is 3. The molecule has 250 valence electrons. The lowest BCUT2D eigenvalue weighted by Gasteiger charge is -2.33. The number of nitriles is 1. The van der Waals surface area contributed by atoms with E-state index >= 15 is 0 Å². The van der Waals surface area contributed by atoms with Gasteiger partial charge < -0.3 is 19.5 Å². The van der Waals surface area contributed by atoms with Gasteiger partial charge in [0.25, 0.3) is 0 Å². The average molecular weight is 650 g/mol. The summed E-state index contributed by atoms with van der Waals surface area (Å²) in [5.74, 6) is -1.06. The third kappa shape index (κ3) is 8.47. The predicted octanol–water partition coefficient (Wildman–Crippen LogP) is 4.70. The number of rotatable bonds is 14. The molecule has 4 atom stereocenters. The van der Waals surface area contributed by atoms with Crippen LogP contribution in [-0.4, -0.2) is 75.9 Å². The second-order valence-corrected chi connectivity index (χ2v) is 12.5. The fourth-order valence-corrected chi connectivity index (χ4v) is 6.30. The van der Waals surface area contributed by atoms with Crippen LogP contribution in [0.3, 0.4) is 0 Å². The summed E-state index contributed by atoms with van der Waals surface area (Å²) in [4.78, 5) is 47.6. The first-order chi connectivity index (χ1) is 23.7. The van der Waals surface area contributed by atoms with E-state index in [0.717, 1.165) is 34.0 Å². The summed E-state index contributed by atoms with van der Waals surface area (Å²) < 4.78 is 16.2. The van der Waals surface area contributed by atoms with Crippen molar-refractivity contribution in [3.8, 4) is 6.07 Å². The molecule has 10 heteroatoms. The zero-order valence-corrected chi connectivity index (χ0v) is 27.8. The summed E-state index contributed by atoms with van der Waals surface area (Å²) >= 11 is 0. The molecule has 0 radical (unpaired) electrons. The molecule has 1 unspecified atom stereocenters. The molecule has 48 heavy (non-hydrogen) atoms. The fraction of sp³-hybridized carbons (Fsp3) is 0.395. The van der Waals surface area contributed by atoms with Crippen LogP contribution >= 0.6 is 0 Å². The van der Waals surface area contributed by atoms with Gasteiger partial charge in [-0.15, -0.1) is 0 Å². The van der Waals surface area contributed by atoms with Crippen LogP contribution in [0.15, 0.2) is 79.3 Å². The molecule has 2 amide bonds. The summed E-state index contributed by atoms with van der Waals surface area (Å²) in [6, 6.07) is 22.4. The molecule has 0 saturated carbocycles. The Hall–Kier alpha value is -5.01. The SMILES string of the molecule is [2H]C(C(=O)N1CCC[C@H]1C(=O)OC)N(Cc1cccc2ccccc12)C[C@@H](NC(=O)Cc1cncn1Cc1ccc(C#N)cc1)[C@@H](C)CC. The molecule has 1 saturated heterocycles. The van der Waals surface area contributed by atoms with E-state index in [0.29, 0.717) is 38.0 Å². The molecule has 4 aromatic rings. The first-order valence-corrected chi connectivity index (χ1v) is 16.5. The van der Waals surface area contributed by atoms with Crippen LogP contribution in [0.2, 0.25) is 0 Å². The number of nitrogens with one attached hydrogen (secondary N) is 1. The van der Waals surface area contributed by atoms with E-state index in [2.05, 4.69) is 30.2 Å². The number of carbonyl (C=O) groups excluding carboxylic acids is 3. The minimum Gasteiger partial charge on any atom is -0.467 e. The smallest absolute Gasteiger partial charge is 0.328 e.